The SMILES string of the molecule is CC(C)(C)c1ccccc1Oc1ccc(Cl)cc1CCN. The molecule has 2 rings (SSSR count). The van der Waals surface area contributed by atoms with Crippen molar-refractivity contribution in [2.75, 3.05) is 6.54 Å². The maximum atomic E-state index is 6.16. The third-order valence-electron chi connectivity index (χ3n) is 3.35. The van der Waals surface area contributed by atoms with Crippen LogP contribution in [0.15, 0.2) is 42.5 Å². The van der Waals surface area contributed by atoms with Crippen molar-refractivity contribution in [2.45, 2.75) is 32.6 Å². The zero-order chi connectivity index (χ0) is 15.5. The summed E-state index contributed by atoms with van der Waals surface area (Å²) < 4.78 is 6.16. The van der Waals surface area contributed by atoms with Crippen LogP contribution in [0, 0.1) is 0 Å². The van der Waals surface area contributed by atoms with Crippen LogP contribution in [0.5, 0.6) is 11.5 Å². The molecule has 2 aromatic carbocycles. The van der Waals surface area contributed by atoms with Crippen molar-refractivity contribution in [3.8, 4) is 11.5 Å². The Morgan fingerprint density at radius 1 is 1.05 bits per heavy atom. The zero-order valence-corrected chi connectivity index (χ0v) is 13.6. The predicted octanol–water partition coefficient (Wildman–Crippen LogP) is 4.93. The summed E-state index contributed by atoms with van der Waals surface area (Å²) in [6, 6.07) is 13.8. The second-order valence-electron chi connectivity index (χ2n) is 6.14. The standard InChI is InChI=1S/C18H22ClNO/c1-18(2,3)15-6-4-5-7-17(15)21-16-9-8-14(19)12-13(16)10-11-20/h4-9,12H,10-11,20H2,1-3H3. The lowest BCUT2D eigenvalue weighted by molar-refractivity contribution is 0.450. The Labute approximate surface area is 131 Å². The van der Waals surface area contributed by atoms with Crippen LogP contribution >= 0.6 is 11.6 Å². The van der Waals surface area contributed by atoms with Gasteiger partial charge in [-0.15, -0.1) is 0 Å². The van der Waals surface area contributed by atoms with Gasteiger partial charge in [0.1, 0.15) is 11.5 Å². The van der Waals surface area contributed by atoms with Crippen molar-refractivity contribution in [3.05, 3.63) is 58.6 Å². The van der Waals surface area contributed by atoms with E-state index in [2.05, 4.69) is 26.8 Å². The lowest BCUT2D eigenvalue weighted by Gasteiger charge is -2.23. The summed E-state index contributed by atoms with van der Waals surface area (Å²) >= 11 is 6.06. The van der Waals surface area contributed by atoms with Gasteiger partial charge in [-0.05, 0) is 48.2 Å². The fourth-order valence-electron chi connectivity index (χ4n) is 2.29. The molecular formula is C18H22ClNO. The van der Waals surface area contributed by atoms with E-state index >= 15 is 0 Å². The Bertz CT molecular complexity index is 617. The molecule has 0 aliphatic carbocycles. The van der Waals surface area contributed by atoms with Crippen LogP contribution in [0.1, 0.15) is 31.9 Å². The first-order valence-electron chi connectivity index (χ1n) is 7.17. The molecule has 0 saturated heterocycles. The average Bonchev–Trinajstić information content (AvgIpc) is 2.41. The highest BCUT2D eigenvalue weighted by molar-refractivity contribution is 6.30. The Morgan fingerprint density at radius 3 is 2.43 bits per heavy atom. The maximum absolute atomic E-state index is 6.16. The van der Waals surface area contributed by atoms with Crippen LogP contribution in [0.4, 0.5) is 0 Å². The first-order chi connectivity index (χ1) is 9.91. The van der Waals surface area contributed by atoms with Crippen LogP contribution in [-0.4, -0.2) is 6.54 Å². The predicted molar refractivity (Wildman–Crippen MR) is 89.4 cm³/mol. The lowest BCUT2D eigenvalue weighted by atomic mass is 9.86. The molecule has 0 heterocycles. The average molecular weight is 304 g/mol. The van der Waals surface area contributed by atoms with Crippen molar-refractivity contribution < 1.29 is 4.74 Å². The van der Waals surface area contributed by atoms with Gasteiger partial charge in [0.15, 0.2) is 0 Å². The molecule has 0 saturated carbocycles. The highest BCUT2D eigenvalue weighted by Crippen LogP contribution is 2.35. The minimum absolute atomic E-state index is 0.0249. The number of hydrogen-bond donors (Lipinski definition) is 1. The molecule has 0 unspecified atom stereocenters. The van der Waals surface area contributed by atoms with E-state index in [1.807, 2.05) is 36.4 Å². The van der Waals surface area contributed by atoms with Crippen LogP contribution < -0.4 is 10.5 Å². The van der Waals surface area contributed by atoms with Crippen LogP contribution in [0.25, 0.3) is 0 Å². The molecular weight excluding hydrogens is 282 g/mol. The summed E-state index contributed by atoms with van der Waals surface area (Å²) in [5.41, 5.74) is 7.91. The van der Waals surface area contributed by atoms with Crippen molar-refractivity contribution in [1.82, 2.24) is 0 Å². The number of nitrogens with two attached hydrogens (primary N) is 1. The number of hydrogen-bond acceptors (Lipinski definition) is 2. The van der Waals surface area contributed by atoms with E-state index in [-0.39, 0.29) is 5.41 Å². The fourth-order valence-corrected chi connectivity index (χ4v) is 2.49. The Hall–Kier alpha value is -1.51. The molecule has 0 amide bonds. The molecule has 2 aromatic rings. The van der Waals surface area contributed by atoms with E-state index in [1.165, 1.54) is 5.56 Å². The highest BCUT2D eigenvalue weighted by Gasteiger charge is 2.19. The van der Waals surface area contributed by atoms with Gasteiger partial charge in [0.2, 0.25) is 0 Å². The molecule has 0 atom stereocenters. The smallest absolute Gasteiger partial charge is 0.131 e. The van der Waals surface area contributed by atoms with E-state index in [4.69, 9.17) is 22.1 Å². The van der Waals surface area contributed by atoms with E-state index < -0.39 is 0 Å². The third-order valence-corrected chi connectivity index (χ3v) is 3.59. The molecule has 0 fully saturated rings. The van der Waals surface area contributed by atoms with Crippen molar-refractivity contribution in [3.63, 3.8) is 0 Å². The van der Waals surface area contributed by atoms with Gasteiger partial charge < -0.3 is 10.5 Å². The molecule has 0 aliphatic heterocycles. The normalized spacial score (nSPS) is 11.5. The molecule has 3 heteroatoms. The van der Waals surface area contributed by atoms with Crippen LogP contribution in [-0.2, 0) is 11.8 Å². The summed E-state index contributed by atoms with van der Waals surface area (Å²) in [6.45, 7) is 7.10. The summed E-state index contributed by atoms with van der Waals surface area (Å²) in [7, 11) is 0. The molecule has 21 heavy (non-hydrogen) atoms. The first kappa shape index (κ1) is 15.9. The second-order valence-corrected chi connectivity index (χ2v) is 6.58. The first-order valence-corrected chi connectivity index (χ1v) is 7.55. The van der Waals surface area contributed by atoms with Gasteiger partial charge in [0.25, 0.3) is 0 Å². The van der Waals surface area contributed by atoms with E-state index in [1.54, 1.807) is 0 Å². The monoisotopic (exact) mass is 303 g/mol. The van der Waals surface area contributed by atoms with Crippen LogP contribution in [0.3, 0.4) is 0 Å². The van der Waals surface area contributed by atoms with Gasteiger partial charge in [0, 0.05) is 10.6 Å². The number of benzene rings is 2. The van der Waals surface area contributed by atoms with Gasteiger partial charge in [-0.2, -0.15) is 0 Å². The minimum Gasteiger partial charge on any atom is -0.457 e. The van der Waals surface area contributed by atoms with E-state index in [0.29, 0.717) is 11.6 Å². The summed E-state index contributed by atoms with van der Waals surface area (Å²) in [5.74, 6) is 1.70. The fraction of sp³-hybridized carbons (Fsp3) is 0.333. The van der Waals surface area contributed by atoms with Crippen molar-refractivity contribution in [1.29, 1.82) is 0 Å². The van der Waals surface area contributed by atoms with Crippen molar-refractivity contribution >= 4 is 11.6 Å². The number of halogens is 1. The maximum Gasteiger partial charge on any atom is 0.131 e. The van der Waals surface area contributed by atoms with E-state index in [9.17, 15) is 0 Å². The Balaban J connectivity index is 2.39. The molecule has 2 N–H and O–H groups in total. The van der Waals surface area contributed by atoms with Gasteiger partial charge in [0.05, 0.1) is 0 Å². The van der Waals surface area contributed by atoms with Gasteiger partial charge >= 0.3 is 0 Å². The topological polar surface area (TPSA) is 35.2 Å². The molecule has 112 valence electrons. The molecule has 2 nitrogen and oxygen atoms in total. The molecule has 0 radical (unpaired) electrons. The summed E-state index contributed by atoms with van der Waals surface area (Å²) in [5, 5.41) is 0.704. The highest BCUT2D eigenvalue weighted by atomic mass is 35.5. The molecule has 0 aromatic heterocycles. The molecule has 0 spiro atoms. The summed E-state index contributed by atoms with van der Waals surface area (Å²) in [6.07, 6.45) is 0.744. The van der Waals surface area contributed by atoms with E-state index in [0.717, 1.165) is 23.5 Å². The minimum atomic E-state index is 0.0249. The number of ether oxygens (including phenoxy) is 1. The van der Waals surface area contributed by atoms with Gasteiger partial charge in [-0.25, -0.2) is 0 Å². The molecule has 0 aliphatic rings. The number of para-hydroxylation sites is 1. The van der Waals surface area contributed by atoms with Crippen LogP contribution in [0.2, 0.25) is 5.02 Å². The largest absolute Gasteiger partial charge is 0.457 e. The lowest BCUT2D eigenvalue weighted by Crippen LogP contribution is -2.12. The summed E-state index contributed by atoms with van der Waals surface area (Å²) in [4.78, 5) is 0. The zero-order valence-electron chi connectivity index (χ0n) is 12.8. The second kappa shape index (κ2) is 6.50. The number of rotatable bonds is 4. The Kier molecular flexibility index (Phi) is 4.92. The van der Waals surface area contributed by atoms with Gasteiger partial charge in [-0.3, -0.25) is 0 Å². The Morgan fingerprint density at radius 2 is 1.76 bits per heavy atom. The van der Waals surface area contributed by atoms with Gasteiger partial charge in [-0.1, -0.05) is 50.6 Å². The quantitative estimate of drug-likeness (QED) is 0.869. The van der Waals surface area contributed by atoms with Crippen molar-refractivity contribution in [2.24, 2.45) is 5.73 Å². The molecule has 0 bridgehead atoms. The third kappa shape index (κ3) is 3.99.